The standard InChI is InChI=1S/C20H34N6O3/c1-4-21-19(23-14-20(3,28)15-26-10-12-29-13-11-26)22-9-8-18(27)25-17-7-5-6-16(2)24-17/h5-7,28H,4,8-15H2,1-3H3,(H2,21,22,23)(H,24,25,27). The smallest absolute Gasteiger partial charge is 0.227 e. The summed E-state index contributed by atoms with van der Waals surface area (Å²) in [6, 6.07) is 5.50. The molecule has 0 radical (unpaired) electrons. The number of morpholine rings is 1. The lowest BCUT2D eigenvalue weighted by Gasteiger charge is -2.33. The maximum Gasteiger partial charge on any atom is 0.227 e. The second-order valence-corrected chi connectivity index (χ2v) is 7.47. The number of rotatable bonds is 9. The van der Waals surface area contributed by atoms with Crippen molar-refractivity contribution in [2.45, 2.75) is 32.8 Å². The average Bonchev–Trinajstić information content (AvgIpc) is 2.66. The van der Waals surface area contributed by atoms with Crippen LogP contribution in [0, 0.1) is 6.92 Å². The van der Waals surface area contributed by atoms with E-state index in [2.05, 4.69) is 30.8 Å². The van der Waals surface area contributed by atoms with Crippen molar-refractivity contribution in [2.75, 3.05) is 57.8 Å². The third-order valence-corrected chi connectivity index (χ3v) is 4.39. The molecule has 1 fully saturated rings. The number of β-amino-alcohol motifs (C(OH)–C–C–N with tert-alkyl or cyclic N) is 1. The number of aliphatic hydroxyl groups is 1. The summed E-state index contributed by atoms with van der Waals surface area (Å²) in [5.41, 5.74) is -0.0832. The van der Waals surface area contributed by atoms with Gasteiger partial charge >= 0.3 is 0 Å². The zero-order valence-corrected chi connectivity index (χ0v) is 17.7. The summed E-state index contributed by atoms with van der Waals surface area (Å²) in [5.74, 6) is 1.01. The molecule has 9 heteroatoms. The maximum absolute atomic E-state index is 12.1. The van der Waals surface area contributed by atoms with Crippen LogP contribution in [0.25, 0.3) is 0 Å². The molecule has 0 spiro atoms. The summed E-state index contributed by atoms with van der Waals surface area (Å²) >= 11 is 0. The molecule has 1 aliphatic heterocycles. The lowest BCUT2D eigenvalue weighted by molar-refractivity contribution is -0.116. The number of aliphatic imine (C=N–C) groups is 1. The maximum atomic E-state index is 12.1. The Morgan fingerprint density at radius 1 is 1.34 bits per heavy atom. The molecular formula is C20H34N6O3. The van der Waals surface area contributed by atoms with Gasteiger partial charge in [0.1, 0.15) is 5.82 Å². The van der Waals surface area contributed by atoms with Gasteiger partial charge < -0.3 is 25.8 Å². The molecule has 1 aromatic heterocycles. The molecule has 2 rings (SSSR count). The minimum Gasteiger partial charge on any atom is -0.387 e. The first kappa shape index (κ1) is 23.1. The second-order valence-electron chi connectivity index (χ2n) is 7.47. The van der Waals surface area contributed by atoms with Crippen molar-refractivity contribution < 1.29 is 14.6 Å². The normalized spacial score (nSPS) is 17.4. The van der Waals surface area contributed by atoms with Crippen molar-refractivity contribution >= 4 is 17.7 Å². The van der Waals surface area contributed by atoms with Crippen molar-refractivity contribution in [1.29, 1.82) is 0 Å². The van der Waals surface area contributed by atoms with E-state index >= 15 is 0 Å². The van der Waals surface area contributed by atoms with Crippen LogP contribution in [0.3, 0.4) is 0 Å². The molecule has 29 heavy (non-hydrogen) atoms. The van der Waals surface area contributed by atoms with Gasteiger partial charge in [0, 0.05) is 44.8 Å². The number of guanidine groups is 1. The molecule has 2 heterocycles. The van der Waals surface area contributed by atoms with Crippen LogP contribution in [-0.4, -0.2) is 84.9 Å². The third kappa shape index (κ3) is 9.21. The minimum atomic E-state index is -0.937. The van der Waals surface area contributed by atoms with Crippen molar-refractivity contribution in [1.82, 2.24) is 20.5 Å². The molecule has 1 unspecified atom stereocenters. The van der Waals surface area contributed by atoms with Crippen LogP contribution in [0.15, 0.2) is 23.2 Å². The molecule has 1 amide bonds. The van der Waals surface area contributed by atoms with Crippen LogP contribution in [0.5, 0.6) is 0 Å². The Bertz CT molecular complexity index is 674. The number of anilines is 1. The fourth-order valence-corrected chi connectivity index (χ4v) is 2.99. The largest absolute Gasteiger partial charge is 0.387 e. The number of carbonyl (C=O) groups is 1. The van der Waals surface area contributed by atoms with Crippen LogP contribution in [-0.2, 0) is 9.53 Å². The van der Waals surface area contributed by atoms with Crippen LogP contribution in [0.4, 0.5) is 5.82 Å². The van der Waals surface area contributed by atoms with Crippen molar-refractivity contribution in [2.24, 2.45) is 4.99 Å². The summed E-state index contributed by atoms with van der Waals surface area (Å²) in [4.78, 5) is 23.0. The first-order valence-electron chi connectivity index (χ1n) is 10.2. The number of ether oxygens (including phenoxy) is 1. The summed E-state index contributed by atoms with van der Waals surface area (Å²) in [5, 5.41) is 19.7. The number of nitrogens with zero attached hydrogens (tertiary/aromatic N) is 3. The van der Waals surface area contributed by atoms with E-state index in [9.17, 15) is 9.90 Å². The molecule has 1 saturated heterocycles. The summed E-state index contributed by atoms with van der Waals surface area (Å²) in [6.07, 6.45) is 0.282. The molecule has 0 bridgehead atoms. The molecule has 1 aromatic rings. The van der Waals surface area contributed by atoms with Gasteiger partial charge in [-0.1, -0.05) is 6.07 Å². The Hall–Kier alpha value is -2.23. The lowest BCUT2D eigenvalue weighted by Crippen LogP contribution is -2.48. The Kier molecular flexibility index (Phi) is 9.30. The molecule has 4 N–H and O–H groups in total. The molecule has 0 aliphatic carbocycles. The van der Waals surface area contributed by atoms with E-state index in [-0.39, 0.29) is 18.9 Å². The second kappa shape index (κ2) is 11.7. The quantitative estimate of drug-likeness (QED) is 0.346. The summed E-state index contributed by atoms with van der Waals surface area (Å²) in [6.45, 7) is 10.6. The van der Waals surface area contributed by atoms with Gasteiger partial charge in [0.15, 0.2) is 5.96 Å². The van der Waals surface area contributed by atoms with Gasteiger partial charge in [-0.05, 0) is 32.9 Å². The fraction of sp³-hybridized carbons (Fsp3) is 0.650. The van der Waals surface area contributed by atoms with Gasteiger partial charge in [0.2, 0.25) is 5.91 Å². The van der Waals surface area contributed by atoms with Crippen LogP contribution in [0.2, 0.25) is 0 Å². The highest BCUT2D eigenvalue weighted by Gasteiger charge is 2.25. The number of carbonyl (C=O) groups excluding carboxylic acids is 1. The van der Waals surface area contributed by atoms with Gasteiger partial charge in [-0.2, -0.15) is 0 Å². The molecular weight excluding hydrogens is 372 g/mol. The van der Waals surface area contributed by atoms with E-state index in [1.54, 1.807) is 13.0 Å². The highest BCUT2D eigenvalue weighted by molar-refractivity contribution is 5.90. The van der Waals surface area contributed by atoms with E-state index in [1.807, 2.05) is 26.0 Å². The topological polar surface area (TPSA) is 111 Å². The SMILES string of the molecule is CCNC(=NCC(C)(O)CN1CCOCC1)NCCC(=O)Nc1cccc(C)n1. The number of nitrogens with one attached hydrogen (secondary N) is 3. The third-order valence-electron chi connectivity index (χ3n) is 4.39. The Labute approximate surface area is 172 Å². The minimum absolute atomic E-state index is 0.120. The monoisotopic (exact) mass is 406 g/mol. The van der Waals surface area contributed by atoms with Gasteiger partial charge in [0.25, 0.3) is 0 Å². The van der Waals surface area contributed by atoms with Gasteiger partial charge in [-0.25, -0.2) is 4.98 Å². The van der Waals surface area contributed by atoms with Crippen LogP contribution < -0.4 is 16.0 Å². The van der Waals surface area contributed by atoms with Crippen molar-refractivity contribution in [3.05, 3.63) is 23.9 Å². The van der Waals surface area contributed by atoms with E-state index in [0.29, 0.717) is 44.6 Å². The molecule has 9 nitrogen and oxygen atoms in total. The molecule has 0 saturated carbocycles. The van der Waals surface area contributed by atoms with E-state index < -0.39 is 5.60 Å². The van der Waals surface area contributed by atoms with E-state index in [0.717, 1.165) is 18.8 Å². The van der Waals surface area contributed by atoms with Gasteiger partial charge in [-0.3, -0.25) is 14.7 Å². The Morgan fingerprint density at radius 2 is 2.10 bits per heavy atom. The lowest BCUT2D eigenvalue weighted by atomic mass is 10.1. The molecule has 1 atom stereocenters. The number of aromatic nitrogens is 1. The fourth-order valence-electron chi connectivity index (χ4n) is 2.99. The molecule has 1 aliphatic rings. The zero-order valence-electron chi connectivity index (χ0n) is 17.7. The summed E-state index contributed by atoms with van der Waals surface area (Å²) in [7, 11) is 0. The van der Waals surface area contributed by atoms with Gasteiger partial charge in [-0.15, -0.1) is 0 Å². The van der Waals surface area contributed by atoms with Crippen LogP contribution in [0.1, 0.15) is 26.0 Å². The van der Waals surface area contributed by atoms with Crippen molar-refractivity contribution in [3.8, 4) is 0 Å². The number of amides is 1. The molecule has 162 valence electrons. The van der Waals surface area contributed by atoms with Gasteiger partial charge in [0.05, 0.1) is 25.4 Å². The first-order chi connectivity index (χ1) is 13.9. The predicted molar refractivity (Wildman–Crippen MR) is 114 cm³/mol. The highest BCUT2D eigenvalue weighted by atomic mass is 16.5. The number of aryl methyl sites for hydroxylation is 1. The molecule has 0 aromatic carbocycles. The Balaban J connectivity index is 1.77. The van der Waals surface area contributed by atoms with Crippen molar-refractivity contribution in [3.63, 3.8) is 0 Å². The number of hydrogen-bond donors (Lipinski definition) is 4. The Morgan fingerprint density at radius 3 is 2.79 bits per heavy atom. The zero-order chi connectivity index (χ0) is 21.1. The number of hydrogen-bond acceptors (Lipinski definition) is 6. The van der Waals surface area contributed by atoms with Crippen LogP contribution >= 0.6 is 0 Å². The average molecular weight is 407 g/mol. The predicted octanol–water partition coefficient (Wildman–Crippen LogP) is 0.357. The van der Waals surface area contributed by atoms with E-state index in [1.165, 1.54) is 0 Å². The first-order valence-corrected chi connectivity index (χ1v) is 10.2. The summed E-state index contributed by atoms with van der Waals surface area (Å²) < 4.78 is 5.34. The number of pyridine rings is 1. The highest BCUT2D eigenvalue weighted by Crippen LogP contribution is 2.09. The van der Waals surface area contributed by atoms with E-state index in [4.69, 9.17) is 4.74 Å².